The second-order valence-corrected chi connectivity index (χ2v) is 8.68. The molecular weight excluding hydrogens is 342 g/mol. The highest BCUT2D eigenvalue weighted by Gasteiger charge is 2.55. The van der Waals surface area contributed by atoms with Crippen molar-refractivity contribution in [2.45, 2.75) is 44.2 Å². The van der Waals surface area contributed by atoms with Gasteiger partial charge in [0.05, 0.1) is 24.7 Å². The molecule has 0 amide bonds. The number of ether oxygens (including phenoxy) is 3. The predicted molar refractivity (Wildman–Crippen MR) is 94.5 cm³/mol. The highest BCUT2D eigenvalue weighted by atomic mass is 32.2. The van der Waals surface area contributed by atoms with E-state index in [9.17, 15) is 8.42 Å². The van der Waals surface area contributed by atoms with Crippen molar-refractivity contribution in [3.8, 4) is 5.75 Å². The van der Waals surface area contributed by atoms with Gasteiger partial charge in [0.1, 0.15) is 5.75 Å². The second-order valence-electron chi connectivity index (χ2n) is 7.03. The average Bonchev–Trinajstić information content (AvgIpc) is 2.98. The van der Waals surface area contributed by atoms with Gasteiger partial charge in [-0.2, -0.15) is 0 Å². The van der Waals surface area contributed by atoms with E-state index in [0.717, 1.165) is 17.5 Å². The van der Waals surface area contributed by atoms with Crippen LogP contribution in [-0.2, 0) is 19.5 Å². The van der Waals surface area contributed by atoms with Gasteiger partial charge in [-0.15, -0.1) is 0 Å². The number of aryl methyl sites for hydroxylation is 1. The van der Waals surface area contributed by atoms with Gasteiger partial charge in [0, 0.05) is 31.6 Å². The molecule has 0 unspecified atom stereocenters. The summed E-state index contributed by atoms with van der Waals surface area (Å²) in [6, 6.07) is 1.64. The average molecular weight is 369 g/mol. The van der Waals surface area contributed by atoms with Crippen molar-refractivity contribution in [1.29, 1.82) is 0 Å². The molecule has 1 aliphatic heterocycles. The normalized spacial score (nSPS) is 28.5. The summed E-state index contributed by atoms with van der Waals surface area (Å²) in [6.45, 7) is 6.69. The molecule has 6 nitrogen and oxygen atoms in total. The molecule has 7 heteroatoms. The first kappa shape index (κ1) is 18.6. The van der Waals surface area contributed by atoms with Crippen LogP contribution in [0.4, 0.5) is 0 Å². The summed E-state index contributed by atoms with van der Waals surface area (Å²) in [6.07, 6.45) is 0.991. The molecule has 3 rings (SSSR count). The number of benzene rings is 1. The molecule has 2 aliphatic rings. The predicted octanol–water partition coefficient (Wildman–Crippen LogP) is 1.95. The van der Waals surface area contributed by atoms with Crippen LogP contribution in [0.1, 0.15) is 23.1 Å². The number of rotatable bonds is 6. The monoisotopic (exact) mass is 369 g/mol. The summed E-state index contributed by atoms with van der Waals surface area (Å²) in [5, 5.41) is 0. The molecule has 1 aromatic carbocycles. The van der Waals surface area contributed by atoms with E-state index in [-0.39, 0.29) is 24.0 Å². The largest absolute Gasteiger partial charge is 0.496 e. The maximum atomic E-state index is 13.1. The minimum atomic E-state index is -3.64. The molecule has 0 spiro atoms. The lowest BCUT2D eigenvalue weighted by molar-refractivity contribution is -0.0775. The van der Waals surface area contributed by atoms with Gasteiger partial charge in [-0.3, -0.25) is 0 Å². The molecule has 1 N–H and O–H groups in total. The van der Waals surface area contributed by atoms with Crippen LogP contribution >= 0.6 is 0 Å². The molecule has 0 bridgehead atoms. The minimum Gasteiger partial charge on any atom is -0.496 e. The first-order valence-electron chi connectivity index (χ1n) is 8.59. The Morgan fingerprint density at radius 1 is 1.24 bits per heavy atom. The molecule has 4 atom stereocenters. The Morgan fingerprint density at radius 2 is 1.96 bits per heavy atom. The van der Waals surface area contributed by atoms with Gasteiger partial charge in [-0.1, -0.05) is 0 Å². The quantitative estimate of drug-likeness (QED) is 0.830. The lowest BCUT2D eigenvalue weighted by Gasteiger charge is -2.47. The van der Waals surface area contributed by atoms with Crippen molar-refractivity contribution in [3.63, 3.8) is 0 Å². The van der Waals surface area contributed by atoms with Crippen molar-refractivity contribution in [2.75, 3.05) is 27.4 Å². The number of fused-ring (bicyclic) bond motifs is 1. The zero-order chi connectivity index (χ0) is 18.4. The first-order chi connectivity index (χ1) is 11.8. The van der Waals surface area contributed by atoms with Crippen LogP contribution in [0.15, 0.2) is 11.0 Å². The standard InChI is InChI=1S/C18H27NO5S/c1-10-8-15(23-5)11(2)12(3)18(10)25(20,21)19-16-13-6-7-24-17(13)14(16)9-22-4/h8,13-14,16-17,19H,6-7,9H2,1-5H3/t13-,14-,16-,17-/m1/s1. The number of hydrogen-bond donors (Lipinski definition) is 1. The van der Waals surface area contributed by atoms with E-state index in [1.807, 2.05) is 13.8 Å². The van der Waals surface area contributed by atoms with E-state index in [4.69, 9.17) is 14.2 Å². The molecule has 1 heterocycles. The lowest BCUT2D eigenvalue weighted by atomic mass is 9.68. The Kier molecular flexibility index (Phi) is 5.12. The minimum absolute atomic E-state index is 0.0623. The summed E-state index contributed by atoms with van der Waals surface area (Å²) in [4.78, 5) is 0.351. The molecule has 2 fully saturated rings. The van der Waals surface area contributed by atoms with Crippen molar-refractivity contribution in [1.82, 2.24) is 4.72 Å². The van der Waals surface area contributed by atoms with Crippen LogP contribution in [0.3, 0.4) is 0 Å². The number of methoxy groups -OCH3 is 2. The third kappa shape index (κ3) is 3.07. The molecule has 1 aliphatic carbocycles. The zero-order valence-corrected chi connectivity index (χ0v) is 16.3. The van der Waals surface area contributed by atoms with Crippen LogP contribution in [0.5, 0.6) is 5.75 Å². The van der Waals surface area contributed by atoms with E-state index in [2.05, 4.69) is 4.72 Å². The maximum Gasteiger partial charge on any atom is 0.241 e. The Bertz CT molecular complexity index is 761. The van der Waals surface area contributed by atoms with Gasteiger partial charge < -0.3 is 14.2 Å². The molecule has 0 radical (unpaired) electrons. The number of nitrogens with one attached hydrogen (secondary N) is 1. The summed E-state index contributed by atoms with van der Waals surface area (Å²) in [5.41, 5.74) is 2.26. The van der Waals surface area contributed by atoms with Crippen LogP contribution in [0.25, 0.3) is 0 Å². The molecule has 1 saturated carbocycles. The summed E-state index contributed by atoms with van der Waals surface area (Å²) >= 11 is 0. The Morgan fingerprint density at radius 3 is 2.60 bits per heavy atom. The van der Waals surface area contributed by atoms with E-state index in [1.54, 1.807) is 27.2 Å². The van der Waals surface area contributed by atoms with E-state index < -0.39 is 10.0 Å². The van der Waals surface area contributed by atoms with Gasteiger partial charge in [0.2, 0.25) is 10.0 Å². The molecular formula is C18H27NO5S. The third-order valence-electron chi connectivity index (χ3n) is 5.65. The van der Waals surface area contributed by atoms with Crippen molar-refractivity contribution >= 4 is 10.0 Å². The second kappa shape index (κ2) is 6.87. The van der Waals surface area contributed by atoms with Crippen molar-refractivity contribution in [3.05, 3.63) is 22.8 Å². The van der Waals surface area contributed by atoms with E-state index in [0.29, 0.717) is 29.4 Å². The number of sulfonamides is 1. The van der Waals surface area contributed by atoms with Crippen LogP contribution in [0, 0.1) is 32.6 Å². The van der Waals surface area contributed by atoms with Gasteiger partial charge >= 0.3 is 0 Å². The maximum absolute atomic E-state index is 13.1. The fraction of sp³-hybridized carbons (Fsp3) is 0.667. The Labute approximate surface area is 149 Å². The first-order valence-corrected chi connectivity index (χ1v) is 10.1. The fourth-order valence-corrected chi connectivity index (χ4v) is 6.14. The van der Waals surface area contributed by atoms with E-state index >= 15 is 0 Å². The highest BCUT2D eigenvalue weighted by molar-refractivity contribution is 7.89. The SMILES string of the molecule is COC[C@@H]1[C@H](NS(=O)(=O)c2c(C)cc(OC)c(C)c2C)[C@H]2CCO[C@H]21. The summed E-state index contributed by atoms with van der Waals surface area (Å²) in [5.74, 6) is 1.00. The highest BCUT2D eigenvalue weighted by Crippen LogP contribution is 2.44. The fourth-order valence-electron chi connectivity index (χ4n) is 4.28. The molecule has 140 valence electrons. The zero-order valence-electron chi connectivity index (χ0n) is 15.5. The molecule has 0 aromatic heterocycles. The lowest BCUT2D eigenvalue weighted by Crippen LogP contribution is -2.62. The Hall–Kier alpha value is -1.15. The van der Waals surface area contributed by atoms with E-state index in [1.165, 1.54) is 0 Å². The molecule has 1 aromatic rings. The Balaban J connectivity index is 1.91. The van der Waals surface area contributed by atoms with Crippen molar-refractivity contribution in [2.24, 2.45) is 11.8 Å². The van der Waals surface area contributed by atoms with Gasteiger partial charge in [0.15, 0.2) is 0 Å². The van der Waals surface area contributed by atoms with Gasteiger partial charge in [-0.25, -0.2) is 13.1 Å². The van der Waals surface area contributed by atoms with Crippen molar-refractivity contribution < 1.29 is 22.6 Å². The van der Waals surface area contributed by atoms with Crippen LogP contribution < -0.4 is 9.46 Å². The van der Waals surface area contributed by atoms with Gasteiger partial charge in [-0.05, 0) is 49.9 Å². The molecule has 25 heavy (non-hydrogen) atoms. The summed E-state index contributed by atoms with van der Waals surface area (Å²) < 4.78 is 45.5. The third-order valence-corrected chi connectivity index (χ3v) is 7.39. The van der Waals surface area contributed by atoms with Crippen LogP contribution in [-0.4, -0.2) is 48.0 Å². The van der Waals surface area contributed by atoms with Gasteiger partial charge in [0.25, 0.3) is 0 Å². The summed E-state index contributed by atoms with van der Waals surface area (Å²) in [7, 11) is -0.407. The topological polar surface area (TPSA) is 73.9 Å². The van der Waals surface area contributed by atoms with Crippen LogP contribution in [0.2, 0.25) is 0 Å². The number of hydrogen-bond acceptors (Lipinski definition) is 5. The molecule has 1 saturated heterocycles. The smallest absolute Gasteiger partial charge is 0.241 e.